The monoisotopic (exact) mass is 330 g/mol. The van der Waals surface area contributed by atoms with Crippen LogP contribution in [0.1, 0.15) is 13.8 Å². The Hall–Kier alpha value is -2.89. The minimum atomic E-state index is -1.32. The highest BCUT2D eigenvalue weighted by Gasteiger charge is 2.36. The fourth-order valence-electron chi connectivity index (χ4n) is 1.91. The van der Waals surface area contributed by atoms with E-state index in [9.17, 15) is 14.0 Å². The summed E-state index contributed by atoms with van der Waals surface area (Å²) in [5.74, 6) is -0.755. The summed E-state index contributed by atoms with van der Waals surface area (Å²) < 4.78 is 18.0. The first-order valence-electron chi connectivity index (χ1n) is 7.35. The summed E-state index contributed by atoms with van der Waals surface area (Å²) in [5, 5.41) is 5.30. The largest absolute Gasteiger partial charge is 0.497 e. The van der Waals surface area contributed by atoms with E-state index in [1.54, 1.807) is 24.3 Å². The number of anilines is 2. The van der Waals surface area contributed by atoms with Crippen LogP contribution in [0.5, 0.6) is 5.75 Å². The van der Waals surface area contributed by atoms with Crippen molar-refractivity contribution in [2.24, 2.45) is 5.41 Å². The van der Waals surface area contributed by atoms with E-state index >= 15 is 0 Å². The standard InChI is InChI=1S/C18H19FN2O3/c1-18(2,16(22)20-13-9-7-12(19)8-10-13)17(23)21-14-5-4-6-15(11-14)24-3/h4-11H,1-3H3,(H,20,22)(H,21,23). The number of ether oxygens (including phenoxy) is 1. The molecule has 0 aliphatic rings. The molecule has 0 radical (unpaired) electrons. The van der Waals surface area contributed by atoms with Gasteiger partial charge in [0.2, 0.25) is 11.8 Å². The molecule has 2 aromatic carbocycles. The van der Waals surface area contributed by atoms with E-state index in [2.05, 4.69) is 10.6 Å². The first kappa shape index (κ1) is 17.5. The fraction of sp³-hybridized carbons (Fsp3) is 0.222. The van der Waals surface area contributed by atoms with Gasteiger partial charge < -0.3 is 15.4 Å². The van der Waals surface area contributed by atoms with Crippen LogP contribution in [0.25, 0.3) is 0 Å². The van der Waals surface area contributed by atoms with Crippen molar-refractivity contribution in [1.82, 2.24) is 0 Å². The summed E-state index contributed by atoms with van der Waals surface area (Å²) in [6.07, 6.45) is 0. The van der Waals surface area contributed by atoms with Crippen LogP contribution in [0.2, 0.25) is 0 Å². The Morgan fingerprint density at radius 3 is 2.12 bits per heavy atom. The van der Waals surface area contributed by atoms with Crippen LogP contribution >= 0.6 is 0 Å². The highest BCUT2D eigenvalue weighted by molar-refractivity contribution is 6.14. The third kappa shape index (κ3) is 4.10. The molecule has 2 aromatic rings. The van der Waals surface area contributed by atoms with E-state index < -0.39 is 23.0 Å². The van der Waals surface area contributed by atoms with Gasteiger partial charge in [-0.2, -0.15) is 0 Å². The Bertz CT molecular complexity index is 742. The molecule has 5 nitrogen and oxygen atoms in total. The molecule has 0 atom stereocenters. The van der Waals surface area contributed by atoms with Gasteiger partial charge >= 0.3 is 0 Å². The molecule has 0 fully saturated rings. The Balaban J connectivity index is 2.08. The molecule has 6 heteroatoms. The van der Waals surface area contributed by atoms with Crippen LogP contribution in [0.4, 0.5) is 15.8 Å². The summed E-state index contributed by atoms with van der Waals surface area (Å²) in [6.45, 7) is 3.03. The number of halogens is 1. The number of hydrogen-bond donors (Lipinski definition) is 2. The molecule has 2 N–H and O–H groups in total. The number of benzene rings is 2. The summed E-state index contributed by atoms with van der Waals surface area (Å²) in [7, 11) is 1.53. The third-order valence-corrected chi connectivity index (χ3v) is 3.57. The molecule has 0 saturated heterocycles. The van der Waals surface area contributed by atoms with Crippen molar-refractivity contribution >= 4 is 23.2 Å². The summed E-state index contributed by atoms with van der Waals surface area (Å²) in [4.78, 5) is 24.8. The minimum absolute atomic E-state index is 0.400. The molecule has 0 spiro atoms. The van der Waals surface area contributed by atoms with Crippen molar-refractivity contribution in [2.75, 3.05) is 17.7 Å². The van der Waals surface area contributed by atoms with Crippen LogP contribution in [0.15, 0.2) is 48.5 Å². The van der Waals surface area contributed by atoms with Crippen LogP contribution in [-0.4, -0.2) is 18.9 Å². The number of amides is 2. The number of hydrogen-bond acceptors (Lipinski definition) is 3. The van der Waals surface area contributed by atoms with E-state index in [-0.39, 0.29) is 0 Å². The van der Waals surface area contributed by atoms with Gasteiger partial charge in [-0.1, -0.05) is 6.07 Å². The van der Waals surface area contributed by atoms with Crippen LogP contribution < -0.4 is 15.4 Å². The van der Waals surface area contributed by atoms with Crippen LogP contribution in [0, 0.1) is 11.2 Å². The smallest absolute Gasteiger partial charge is 0.239 e. The molecular formula is C18H19FN2O3. The Morgan fingerprint density at radius 2 is 1.54 bits per heavy atom. The first-order chi connectivity index (χ1) is 11.3. The van der Waals surface area contributed by atoms with Crippen molar-refractivity contribution in [3.63, 3.8) is 0 Å². The van der Waals surface area contributed by atoms with E-state index in [1.807, 2.05) is 0 Å². The Kier molecular flexibility index (Phi) is 5.18. The molecule has 24 heavy (non-hydrogen) atoms. The van der Waals surface area contributed by atoms with Crippen LogP contribution in [0.3, 0.4) is 0 Å². The molecule has 126 valence electrons. The quantitative estimate of drug-likeness (QED) is 0.825. The summed E-state index contributed by atoms with van der Waals surface area (Å²) in [6, 6.07) is 12.2. The third-order valence-electron chi connectivity index (χ3n) is 3.57. The van der Waals surface area contributed by atoms with Crippen LogP contribution in [-0.2, 0) is 9.59 Å². The lowest BCUT2D eigenvalue weighted by Gasteiger charge is -2.23. The Morgan fingerprint density at radius 1 is 0.958 bits per heavy atom. The number of carbonyl (C=O) groups excluding carboxylic acids is 2. The van der Waals surface area contributed by atoms with Gasteiger partial charge in [-0.15, -0.1) is 0 Å². The van der Waals surface area contributed by atoms with Crippen molar-refractivity contribution < 1.29 is 18.7 Å². The molecule has 2 amide bonds. The molecule has 0 bridgehead atoms. The maximum atomic E-state index is 12.9. The zero-order valence-electron chi connectivity index (χ0n) is 13.7. The van der Waals surface area contributed by atoms with Gasteiger partial charge in [0.15, 0.2) is 0 Å². The maximum absolute atomic E-state index is 12.9. The average Bonchev–Trinajstić information content (AvgIpc) is 2.57. The van der Waals surface area contributed by atoms with Gasteiger partial charge in [-0.3, -0.25) is 9.59 Å². The SMILES string of the molecule is COc1cccc(NC(=O)C(C)(C)C(=O)Nc2ccc(F)cc2)c1. The van der Waals surface area contributed by atoms with Gasteiger partial charge in [-0.05, 0) is 50.2 Å². The molecule has 0 aliphatic heterocycles. The van der Waals surface area contributed by atoms with Crippen molar-refractivity contribution in [2.45, 2.75) is 13.8 Å². The normalized spacial score (nSPS) is 10.8. The van der Waals surface area contributed by atoms with Crippen molar-refractivity contribution in [3.8, 4) is 5.75 Å². The maximum Gasteiger partial charge on any atom is 0.239 e. The first-order valence-corrected chi connectivity index (χ1v) is 7.35. The van der Waals surface area contributed by atoms with E-state index in [4.69, 9.17) is 4.74 Å². The molecule has 2 rings (SSSR count). The predicted molar refractivity (Wildman–Crippen MR) is 90.4 cm³/mol. The number of carbonyl (C=O) groups is 2. The van der Waals surface area contributed by atoms with Gasteiger partial charge in [0.25, 0.3) is 0 Å². The van der Waals surface area contributed by atoms with E-state index in [1.165, 1.54) is 45.2 Å². The molecule has 0 aromatic heterocycles. The highest BCUT2D eigenvalue weighted by Crippen LogP contribution is 2.23. The van der Waals surface area contributed by atoms with Gasteiger partial charge in [-0.25, -0.2) is 4.39 Å². The molecule has 0 saturated carbocycles. The second kappa shape index (κ2) is 7.12. The zero-order valence-corrected chi connectivity index (χ0v) is 13.7. The molecule has 0 heterocycles. The minimum Gasteiger partial charge on any atom is -0.497 e. The average molecular weight is 330 g/mol. The van der Waals surface area contributed by atoms with Gasteiger partial charge in [0.1, 0.15) is 17.0 Å². The lowest BCUT2D eigenvalue weighted by Crippen LogP contribution is -2.41. The second-order valence-electron chi connectivity index (χ2n) is 5.77. The predicted octanol–water partition coefficient (Wildman–Crippen LogP) is 3.44. The second-order valence-corrected chi connectivity index (χ2v) is 5.77. The lowest BCUT2D eigenvalue weighted by molar-refractivity contribution is -0.135. The number of methoxy groups -OCH3 is 1. The fourth-order valence-corrected chi connectivity index (χ4v) is 1.91. The van der Waals surface area contributed by atoms with E-state index in [0.29, 0.717) is 17.1 Å². The van der Waals surface area contributed by atoms with Gasteiger partial charge in [0, 0.05) is 17.4 Å². The van der Waals surface area contributed by atoms with Crippen molar-refractivity contribution in [1.29, 1.82) is 0 Å². The Labute approximate surface area is 139 Å². The number of rotatable bonds is 5. The molecular weight excluding hydrogens is 311 g/mol. The topological polar surface area (TPSA) is 67.4 Å². The van der Waals surface area contributed by atoms with Gasteiger partial charge in [0.05, 0.1) is 7.11 Å². The highest BCUT2D eigenvalue weighted by atomic mass is 19.1. The zero-order chi connectivity index (χ0) is 17.7. The molecule has 0 aliphatic carbocycles. The number of nitrogens with one attached hydrogen (secondary N) is 2. The van der Waals surface area contributed by atoms with E-state index in [0.717, 1.165) is 0 Å². The van der Waals surface area contributed by atoms with Crippen molar-refractivity contribution in [3.05, 3.63) is 54.3 Å². The lowest BCUT2D eigenvalue weighted by atomic mass is 9.90. The molecule has 0 unspecified atom stereocenters. The summed E-state index contributed by atoms with van der Waals surface area (Å²) >= 11 is 0. The summed E-state index contributed by atoms with van der Waals surface area (Å²) in [5.41, 5.74) is -0.372.